The largest absolute Gasteiger partial charge is 0.399 e. The minimum Gasteiger partial charge on any atom is -0.399 e. The number of methoxy groups -OCH3 is 2. The van der Waals surface area contributed by atoms with Crippen LogP contribution in [0.2, 0.25) is 0 Å². The summed E-state index contributed by atoms with van der Waals surface area (Å²) in [5.74, 6) is -3.30. The lowest BCUT2D eigenvalue weighted by Crippen LogP contribution is -2.59. The molecule has 8 atom stereocenters. The van der Waals surface area contributed by atoms with Crippen LogP contribution < -0.4 is 21.1 Å². The summed E-state index contributed by atoms with van der Waals surface area (Å²) in [6.07, 6.45) is 0.445. The van der Waals surface area contributed by atoms with Gasteiger partial charge in [-0.15, -0.1) is 0 Å². The fourth-order valence-electron chi connectivity index (χ4n) is 7.63. The number of ether oxygens (including phenoxy) is 2. The van der Waals surface area contributed by atoms with Gasteiger partial charge in [0.1, 0.15) is 6.04 Å². The van der Waals surface area contributed by atoms with E-state index in [0.717, 1.165) is 0 Å². The van der Waals surface area contributed by atoms with Crippen molar-refractivity contribution in [1.82, 2.24) is 30.1 Å². The van der Waals surface area contributed by atoms with Gasteiger partial charge in [-0.3, -0.25) is 28.9 Å². The Morgan fingerprint density at radius 3 is 2.04 bits per heavy atom. The van der Waals surface area contributed by atoms with Gasteiger partial charge in [0.15, 0.2) is 0 Å². The zero-order chi connectivity index (χ0) is 42.7. The molecule has 0 saturated carbocycles. The summed E-state index contributed by atoms with van der Waals surface area (Å²) in [7, 11) is 4.14. The van der Waals surface area contributed by atoms with Crippen LogP contribution in [-0.2, 0) is 43.5 Å². The zero-order valence-electron chi connectivity index (χ0n) is 35.3. The second-order valence-electron chi connectivity index (χ2n) is 15.8. The molecule has 1 aliphatic rings. The van der Waals surface area contributed by atoms with E-state index in [0.29, 0.717) is 31.5 Å². The van der Waals surface area contributed by atoms with Crippen molar-refractivity contribution in [3.8, 4) is 0 Å². The molecule has 1 heterocycles. The molecule has 318 valence electrons. The monoisotopic (exact) mass is 809 g/mol. The molecular weight excluding hydrogens is 743 g/mol. The van der Waals surface area contributed by atoms with E-state index >= 15 is 0 Å². The van der Waals surface area contributed by atoms with Crippen LogP contribution in [0.1, 0.15) is 74.1 Å². The van der Waals surface area contributed by atoms with Gasteiger partial charge in [0, 0.05) is 33.5 Å². The number of likely N-dealkylation sites (tertiary alicyclic amines) is 1. The molecule has 1 aromatic carbocycles. The number of sulfonamides is 1. The molecule has 0 aliphatic carbocycles. The Hall–Kier alpha value is -3.80. The van der Waals surface area contributed by atoms with Crippen LogP contribution in [0.3, 0.4) is 0 Å². The van der Waals surface area contributed by atoms with Gasteiger partial charge < -0.3 is 35.6 Å². The Morgan fingerprint density at radius 1 is 0.929 bits per heavy atom. The van der Waals surface area contributed by atoms with Gasteiger partial charge >= 0.3 is 0 Å². The molecule has 2 rings (SSSR count). The minimum atomic E-state index is -4.18. The van der Waals surface area contributed by atoms with E-state index in [4.69, 9.17) is 15.2 Å². The number of benzene rings is 1. The number of anilines is 1. The number of carbonyl (C=O) groups excluding carboxylic acids is 5. The van der Waals surface area contributed by atoms with E-state index in [1.807, 2.05) is 65.3 Å². The van der Waals surface area contributed by atoms with Gasteiger partial charge in [-0.25, -0.2) is 13.1 Å². The first kappa shape index (κ1) is 48.3. The number of likely N-dealkylation sites (N-methyl/N-ethyl adjacent to an activating group) is 2. The molecule has 56 heavy (non-hydrogen) atoms. The highest BCUT2D eigenvalue weighted by atomic mass is 32.2. The summed E-state index contributed by atoms with van der Waals surface area (Å²) < 4.78 is 38.9. The van der Waals surface area contributed by atoms with Crippen LogP contribution in [-0.4, -0.2) is 137 Å². The van der Waals surface area contributed by atoms with E-state index < -0.39 is 70.7 Å². The van der Waals surface area contributed by atoms with Crippen molar-refractivity contribution in [2.75, 3.05) is 54.2 Å². The van der Waals surface area contributed by atoms with Crippen molar-refractivity contribution < 1.29 is 41.9 Å². The van der Waals surface area contributed by atoms with Gasteiger partial charge in [0.05, 0.1) is 54.1 Å². The number of nitrogens with one attached hydrogen (secondary N) is 3. The van der Waals surface area contributed by atoms with Crippen molar-refractivity contribution in [2.24, 2.45) is 23.7 Å². The molecule has 5 amide bonds. The third-order valence-electron chi connectivity index (χ3n) is 10.8. The number of carbonyl (C=O) groups is 5. The molecular formula is C39H67N7O9S. The summed E-state index contributed by atoms with van der Waals surface area (Å²) in [6, 6.07) is 3.11. The second-order valence-corrected chi connectivity index (χ2v) is 17.5. The van der Waals surface area contributed by atoms with Crippen LogP contribution in [0.5, 0.6) is 0 Å². The molecule has 0 spiro atoms. The average Bonchev–Trinajstić information content (AvgIpc) is 3.61. The van der Waals surface area contributed by atoms with Gasteiger partial charge in [-0.2, -0.15) is 0 Å². The molecule has 0 aromatic heterocycles. The number of hydrogen-bond donors (Lipinski definition) is 4. The first-order chi connectivity index (χ1) is 26.1. The highest BCUT2D eigenvalue weighted by molar-refractivity contribution is 7.90. The lowest BCUT2D eigenvalue weighted by atomic mass is 9.89. The molecule has 1 aliphatic heterocycles. The fraction of sp³-hybridized carbons (Fsp3) is 0.718. The highest BCUT2D eigenvalue weighted by Crippen LogP contribution is 2.29. The summed E-state index contributed by atoms with van der Waals surface area (Å²) >= 11 is 0. The maximum absolute atomic E-state index is 14.2. The smallest absolute Gasteiger partial charge is 0.264 e. The maximum Gasteiger partial charge on any atom is 0.264 e. The van der Waals surface area contributed by atoms with Gasteiger partial charge in [-0.1, -0.05) is 54.9 Å². The molecule has 1 fully saturated rings. The van der Waals surface area contributed by atoms with Crippen LogP contribution >= 0.6 is 0 Å². The predicted molar refractivity (Wildman–Crippen MR) is 214 cm³/mol. The Balaban J connectivity index is 2.20. The number of nitrogens with two attached hydrogens (primary N) is 1. The van der Waals surface area contributed by atoms with Gasteiger partial charge in [-0.05, 0) is 69.0 Å². The SMILES string of the molecule is CCC(C)C([C@@H](CC(=O)N1CCC[C@H]1[C@H](OC)[C@@H](C)C(=O)NCC(=O)NS(=O)(=O)c1ccc(N)cc1)OC)N(C)C(=O)[C@@H](NC(=O)C(C(C)C)N(C)C)C(C)C. The quantitative estimate of drug-likeness (QED) is 0.132. The Bertz CT molecular complexity index is 1580. The number of nitrogens with zero attached hydrogens (tertiary/aromatic N) is 3. The number of hydrogen-bond acceptors (Lipinski definition) is 11. The van der Waals surface area contributed by atoms with E-state index in [-0.39, 0.29) is 46.8 Å². The van der Waals surface area contributed by atoms with E-state index in [1.54, 1.807) is 23.8 Å². The van der Waals surface area contributed by atoms with Gasteiger partial charge in [0.2, 0.25) is 23.6 Å². The van der Waals surface area contributed by atoms with Crippen molar-refractivity contribution in [2.45, 2.75) is 115 Å². The summed E-state index contributed by atoms with van der Waals surface area (Å²) in [6.45, 7) is 13.1. The van der Waals surface area contributed by atoms with Crippen molar-refractivity contribution in [3.63, 3.8) is 0 Å². The molecule has 1 saturated heterocycles. The molecule has 0 bridgehead atoms. The minimum absolute atomic E-state index is 0.0194. The van der Waals surface area contributed by atoms with E-state index in [2.05, 4.69) is 10.6 Å². The maximum atomic E-state index is 14.2. The number of nitrogen functional groups attached to an aromatic ring is 1. The highest BCUT2D eigenvalue weighted by Gasteiger charge is 2.43. The molecule has 17 heteroatoms. The standard InChI is InChI=1S/C39H67N7O9S/c1-13-25(6)35(45(10)39(51)33(23(2)3)42-38(50)34(24(4)5)44(8)9)30(54-11)21-32(48)46-20-14-15-29(46)36(55-12)26(7)37(49)41-22-31(47)43-56(52,53)28-18-16-27(40)17-19-28/h16-19,23-26,29-30,33-36H,13-15,20-22,40H2,1-12H3,(H,41,49)(H,42,50)(H,43,47)/t25?,26-,29+,30-,33+,34?,35?,36-/m1/s1. The second kappa shape index (κ2) is 21.6. The van der Waals surface area contributed by atoms with Crippen molar-refractivity contribution in [1.29, 1.82) is 0 Å². The predicted octanol–water partition coefficient (Wildman–Crippen LogP) is 1.84. The first-order valence-corrected chi connectivity index (χ1v) is 20.9. The third kappa shape index (κ3) is 12.6. The van der Waals surface area contributed by atoms with Crippen LogP contribution in [0, 0.1) is 23.7 Å². The molecule has 3 unspecified atom stereocenters. The topological polar surface area (TPSA) is 210 Å². The van der Waals surface area contributed by atoms with Gasteiger partial charge in [0.25, 0.3) is 15.9 Å². The Morgan fingerprint density at radius 2 is 1.54 bits per heavy atom. The number of amides is 5. The van der Waals surface area contributed by atoms with Crippen molar-refractivity contribution in [3.05, 3.63) is 24.3 Å². The van der Waals surface area contributed by atoms with E-state index in [9.17, 15) is 32.4 Å². The van der Waals surface area contributed by atoms with Crippen LogP contribution in [0.25, 0.3) is 0 Å². The normalized spacial score (nSPS) is 18.5. The first-order valence-electron chi connectivity index (χ1n) is 19.4. The summed E-state index contributed by atoms with van der Waals surface area (Å²) in [5.41, 5.74) is 5.98. The fourth-order valence-corrected chi connectivity index (χ4v) is 8.62. The molecule has 16 nitrogen and oxygen atoms in total. The van der Waals surface area contributed by atoms with Crippen LogP contribution in [0.15, 0.2) is 29.2 Å². The number of rotatable bonds is 21. The van der Waals surface area contributed by atoms with Crippen molar-refractivity contribution >= 4 is 45.2 Å². The zero-order valence-corrected chi connectivity index (χ0v) is 36.1. The molecule has 0 radical (unpaired) electrons. The average molecular weight is 810 g/mol. The Kier molecular flexibility index (Phi) is 18.7. The Labute approximate surface area is 334 Å². The lowest BCUT2D eigenvalue weighted by molar-refractivity contribution is -0.148. The summed E-state index contributed by atoms with van der Waals surface area (Å²) in [4.78, 5) is 72.5. The molecule has 5 N–H and O–H groups in total. The van der Waals surface area contributed by atoms with E-state index in [1.165, 1.54) is 38.5 Å². The van der Waals surface area contributed by atoms with Crippen LogP contribution in [0.4, 0.5) is 5.69 Å². The molecule has 1 aromatic rings. The third-order valence-corrected chi connectivity index (χ3v) is 12.2. The lowest BCUT2D eigenvalue weighted by Gasteiger charge is -2.41. The summed E-state index contributed by atoms with van der Waals surface area (Å²) in [5, 5.41) is 5.49.